The summed E-state index contributed by atoms with van der Waals surface area (Å²) in [6.07, 6.45) is 2.20. The summed E-state index contributed by atoms with van der Waals surface area (Å²) in [5.41, 5.74) is 0.190. The summed E-state index contributed by atoms with van der Waals surface area (Å²) in [6.45, 7) is 9.37. The molecule has 1 heterocycles. The molecule has 0 saturated carbocycles. The van der Waals surface area contributed by atoms with Crippen molar-refractivity contribution in [1.82, 2.24) is 10.2 Å². The number of carbonyl (C=O) groups is 2. The third-order valence-corrected chi connectivity index (χ3v) is 4.06. The van der Waals surface area contributed by atoms with Gasteiger partial charge in [-0.1, -0.05) is 6.07 Å². The van der Waals surface area contributed by atoms with E-state index in [0.29, 0.717) is 24.5 Å². The van der Waals surface area contributed by atoms with E-state index < -0.39 is 0 Å². The average molecular weight is 362 g/mol. The molecular weight excluding hydrogens is 332 g/mol. The molecule has 1 saturated heterocycles. The van der Waals surface area contributed by atoms with Crippen molar-refractivity contribution in [3.8, 4) is 5.75 Å². The third kappa shape index (κ3) is 6.33. The lowest BCUT2D eigenvalue weighted by molar-refractivity contribution is -0.123. The van der Waals surface area contributed by atoms with Crippen LogP contribution in [0.15, 0.2) is 24.3 Å². The van der Waals surface area contributed by atoms with Gasteiger partial charge in [-0.15, -0.1) is 0 Å². The van der Waals surface area contributed by atoms with E-state index in [1.807, 2.05) is 33.8 Å². The molecule has 0 aliphatic carbocycles. The van der Waals surface area contributed by atoms with E-state index in [2.05, 4.69) is 5.32 Å². The molecule has 0 bridgehead atoms. The number of rotatable bonds is 7. The lowest BCUT2D eigenvalue weighted by Gasteiger charge is -2.25. The number of amides is 2. The SMILES string of the molecule is CCN(CC(=O)NC(C)(C)C)C(=O)c1cccc(OCC2CCCO2)c1. The summed E-state index contributed by atoms with van der Waals surface area (Å²) >= 11 is 0. The monoisotopic (exact) mass is 362 g/mol. The Morgan fingerprint density at radius 2 is 2.12 bits per heavy atom. The van der Waals surface area contributed by atoms with Crippen molar-refractivity contribution in [3.63, 3.8) is 0 Å². The minimum atomic E-state index is -0.324. The van der Waals surface area contributed by atoms with Crippen LogP contribution in [-0.4, -0.2) is 54.7 Å². The lowest BCUT2D eigenvalue weighted by atomic mass is 10.1. The Morgan fingerprint density at radius 3 is 2.73 bits per heavy atom. The highest BCUT2D eigenvalue weighted by molar-refractivity contribution is 5.96. The van der Waals surface area contributed by atoms with Gasteiger partial charge in [0.05, 0.1) is 12.6 Å². The van der Waals surface area contributed by atoms with Crippen molar-refractivity contribution in [2.24, 2.45) is 0 Å². The fraction of sp³-hybridized carbons (Fsp3) is 0.600. The van der Waals surface area contributed by atoms with Crippen LogP contribution in [0, 0.1) is 0 Å². The van der Waals surface area contributed by atoms with Crippen LogP contribution in [0.4, 0.5) is 0 Å². The van der Waals surface area contributed by atoms with E-state index in [4.69, 9.17) is 9.47 Å². The lowest BCUT2D eigenvalue weighted by Crippen LogP contribution is -2.47. The van der Waals surface area contributed by atoms with Gasteiger partial charge >= 0.3 is 0 Å². The molecule has 1 unspecified atom stereocenters. The molecule has 0 aromatic heterocycles. The van der Waals surface area contributed by atoms with E-state index in [1.165, 1.54) is 4.90 Å². The Kier molecular flexibility index (Phi) is 7.03. The molecular formula is C20H30N2O4. The van der Waals surface area contributed by atoms with E-state index in [-0.39, 0.29) is 30.0 Å². The van der Waals surface area contributed by atoms with Crippen molar-refractivity contribution in [1.29, 1.82) is 0 Å². The van der Waals surface area contributed by atoms with Crippen LogP contribution in [0.1, 0.15) is 50.9 Å². The molecule has 1 atom stereocenters. The summed E-state index contributed by atoms with van der Waals surface area (Å²) in [6, 6.07) is 7.09. The highest BCUT2D eigenvalue weighted by Gasteiger charge is 2.21. The molecule has 1 aliphatic heterocycles. The van der Waals surface area contributed by atoms with Gasteiger partial charge in [-0.05, 0) is 58.7 Å². The zero-order valence-electron chi connectivity index (χ0n) is 16.2. The molecule has 1 aliphatic rings. The fourth-order valence-corrected chi connectivity index (χ4v) is 2.82. The number of likely N-dealkylation sites (N-methyl/N-ethyl adjacent to an activating group) is 1. The summed E-state index contributed by atoms with van der Waals surface area (Å²) in [5.74, 6) is 0.291. The normalized spacial score (nSPS) is 17.0. The number of nitrogens with one attached hydrogen (secondary N) is 1. The summed E-state index contributed by atoms with van der Waals surface area (Å²) in [7, 11) is 0. The minimum absolute atomic E-state index is 0.0353. The standard InChI is InChI=1S/C20H30N2O4/c1-5-22(13-18(23)21-20(2,3)4)19(24)15-8-6-9-16(12-15)26-14-17-10-7-11-25-17/h6,8-9,12,17H,5,7,10-11,13-14H2,1-4H3,(H,21,23). The molecule has 1 aromatic rings. The molecule has 6 heteroatoms. The first-order chi connectivity index (χ1) is 12.3. The van der Waals surface area contributed by atoms with Crippen molar-refractivity contribution in [3.05, 3.63) is 29.8 Å². The first-order valence-corrected chi connectivity index (χ1v) is 9.23. The van der Waals surface area contributed by atoms with Gasteiger partial charge in [0.2, 0.25) is 5.91 Å². The Morgan fingerprint density at radius 1 is 1.35 bits per heavy atom. The molecule has 2 amide bonds. The minimum Gasteiger partial charge on any atom is -0.491 e. The first-order valence-electron chi connectivity index (χ1n) is 9.23. The third-order valence-electron chi connectivity index (χ3n) is 4.06. The molecule has 0 radical (unpaired) electrons. The quantitative estimate of drug-likeness (QED) is 0.810. The van der Waals surface area contributed by atoms with Crippen LogP contribution < -0.4 is 10.1 Å². The number of carbonyl (C=O) groups excluding carboxylic acids is 2. The van der Waals surface area contributed by atoms with Gasteiger partial charge < -0.3 is 19.7 Å². The molecule has 1 N–H and O–H groups in total. The van der Waals surface area contributed by atoms with Crippen molar-refractivity contribution in [2.75, 3.05) is 26.3 Å². The van der Waals surface area contributed by atoms with E-state index >= 15 is 0 Å². The topological polar surface area (TPSA) is 67.9 Å². The Labute approximate surface area is 155 Å². The molecule has 1 aromatic carbocycles. The maximum atomic E-state index is 12.8. The number of ether oxygens (including phenoxy) is 2. The second kappa shape index (κ2) is 9.03. The number of nitrogens with zero attached hydrogens (tertiary/aromatic N) is 1. The Hall–Kier alpha value is -2.08. The maximum absolute atomic E-state index is 12.8. The summed E-state index contributed by atoms with van der Waals surface area (Å²) in [4.78, 5) is 26.4. The summed E-state index contributed by atoms with van der Waals surface area (Å²) < 4.78 is 11.3. The van der Waals surface area contributed by atoms with Crippen LogP contribution in [0.25, 0.3) is 0 Å². The van der Waals surface area contributed by atoms with Gasteiger partial charge in [0, 0.05) is 24.3 Å². The Bertz CT molecular complexity index is 618. The van der Waals surface area contributed by atoms with Gasteiger partial charge in [-0.25, -0.2) is 0 Å². The smallest absolute Gasteiger partial charge is 0.254 e. The van der Waals surface area contributed by atoms with Gasteiger partial charge in [0.15, 0.2) is 0 Å². The number of hydrogen-bond donors (Lipinski definition) is 1. The second-order valence-corrected chi connectivity index (χ2v) is 7.59. The van der Waals surface area contributed by atoms with Crippen molar-refractivity contribution < 1.29 is 19.1 Å². The molecule has 2 rings (SSSR count). The highest BCUT2D eigenvalue weighted by atomic mass is 16.5. The zero-order valence-corrected chi connectivity index (χ0v) is 16.2. The first kappa shape index (κ1) is 20.2. The van der Waals surface area contributed by atoms with E-state index in [1.54, 1.807) is 18.2 Å². The van der Waals surface area contributed by atoms with Crippen LogP contribution in [0.3, 0.4) is 0 Å². The largest absolute Gasteiger partial charge is 0.491 e. The van der Waals surface area contributed by atoms with Crippen molar-refractivity contribution >= 4 is 11.8 Å². The van der Waals surface area contributed by atoms with Crippen LogP contribution in [-0.2, 0) is 9.53 Å². The van der Waals surface area contributed by atoms with E-state index in [0.717, 1.165) is 19.4 Å². The zero-order chi connectivity index (χ0) is 19.2. The molecule has 6 nitrogen and oxygen atoms in total. The Balaban J connectivity index is 1.97. The average Bonchev–Trinajstić information content (AvgIpc) is 3.09. The predicted molar refractivity (Wildman–Crippen MR) is 100 cm³/mol. The predicted octanol–water partition coefficient (Wildman–Crippen LogP) is 2.62. The van der Waals surface area contributed by atoms with Crippen molar-refractivity contribution in [2.45, 2.75) is 52.2 Å². The fourth-order valence-electron chi connectivity index (χ4n) is 2.82. The van der Waals surface area contributed by atoms with Crippen LogP contribution in [0.5, 0.6) is 5.75 Å². The summed E-state index contributed by atoms with van der Waals surface area (Å²) in [5, 5.41) is 2.88. The molecule has 0 spiro atoms. The molecule has 1 fully saturated rings. The number of benzene rings is 1. The molecule has 26 heavy (non-hydrogen) atoms. The van der Waals surface area contributed by atoms with Gasteiger partial charge in [0.25, 0.3) is 5.91 Å². The highest BCUT2D eigenvalue weighted by Crippen LogP contribution is 2.18. The second-order valence-electron chi connectivity index (χ2n) is 7.59. The van der Waals surface area contributed by atoms with Crippen LogP contribution in [0.2, 0.25) is 0 Å². The maximum Gasteiger partial charge on any atom is 0.254 e. The van der Waals surface area contributed by atoms with E-state index in [9.17, 15) is 9.59 Å². The van der Waals surface area contributed by atoms with Gasteiger partial charge in [0.1, 0.15) is 12.4 Å². The van der Waals surface area contributed by atoms with Crippen LogP contribution >= 0.6 is 0 Å². The van der Waals surface area contributed by atoms with Gasteiger partial charge in [-0.2, -0.15) is 0 Å². The molecule has 144 valence electrons. The number of hydrogen-bond acceptors (Lipinski definition) is 4. The van der Waals surface area contributed by atoms with Gasteiger partial charge in [-0.3, -0.25) is 9.59 Å².